The third kappa shape index (κ3) is 4.52. The molecule has 0 aromatic heterocycles. The lowest BCUT2D eigenvalue weighted by Gasteiger charge is -2.42. The molecule has 2 atom stereocenters. The van der Waals surface area contributed by atoms with Gasteiger partial charge in [-0.15, -0.1) is 0 Å². The Morgan fingerprint density at radius 2 is 2.03 bits per heavy atom. The molecule has 30 heavy (non-hydrogen) atoms. The minimum atomic E-state index is -1.26. The zero-order valence-electron chi connectivity index (χ0n) is 17.0. The highest BCUT2D eigenvalue weighted by molar-refractivity contribution is 6.54. The lowest BCUT2D eigenvalue weighted by molar-refractivity contribution is -0.129. The highest BCUT2D eigenvalue weighted by atomic mass is 16.5. The van der Waals surface area contributed by atoms with E-state index < -0.39 is 23.3 Å². The van der Waals surface area contributed by atoms with Gasteiger partial charge in [0.15, 0.2) is 0 Å². The zero-order valence-corrected chi connectivity index (χ0v) is 17.0. The number of phenols is 1. The van der Waals surface area contributed by atoms with Gasteiger partial charge in [0, 0.05) is 19.6 Å². The summed E-state index contributed by atoms with van der Waals surface area (Å²) in [7, 11) is 2.00. The first-order valence-corrected chi connectivity index (χ1v) is 9.61. The molecule has 2 aliphatic rings. The maximum absolute atomic E-state index is 12.1. The fourth-order valence-corrected chi connectivity index (χ4v) is 3.52. The number of carboxylic acid groups (broad SMARTS) is 1. The molecule has 1 aromatic carbocycles. The molecule has 2 saturated heterocycles. The minimum Gasteiger partial charge on any atom is -0.507 e. The summed E-state index contributed by atoms with van der Waals surface area (Å²) in [4.78, 5) is 36.5. The van der Waals surface area contributed by atoms with Crippen molar-refractivity contribution in [3.05, 3.63) is 23.3 Å². The Labute approximate surface area is 174 Å². The van der Waals surface area contributed by atoms with Crippen molar-refractivity contribution in [1.29, 1.82) is 0 Å². The van der Waals surface area contributed by atoms with Crippen LogP contribution < -0.4 is 21.5 Å². The Hall–Kier alpha value is -2.79. The number of nitrogens with one attached hydrogen (secondary N) is 1. The van der Waals surface area contributed by atoms with Crippen molar-refractivity contribution in [2.75, 3.05) is 26.2 Å². The van der Waals surface area contributed by atoms with Gasteiger partial charge in [-0.2, -0.15) is 0 Å². The van der Waals surface area contributed by atoms with E-state index in [4.69, 9.17) is 16.2 Å². The third-order valence-electron chi connectivity index (χ3n) is 5.50. The maximum atomic E-state index is 12.1. The van der Waals surface area contributed by atoms with Crippen LogP contribution in [0.2, 0.25) is 6.32 Å². The molecule has 1 aromatic rings. The van der Waals surface area contributed by atoms with Crippen LogP contribution in [0, 0.1) is 0 Å². The third-order valence-corrected chi connectivity index (χ3v) is 5.50. The number of carbonyl (C=O) groups is 3. The smallest absolute Gasteiger partial charge is 0.343 e. The average molecular weight is 417 g/mol. The fraction of sp³-hybridized carbons (Fsp3) is 0.526. The van der Waals surface area contributed by atoms with E-state index >= 15 is 0 Å². The summed E-state index contributed by atoms with van der Waals surface area (Å²) in [5.74, 6) is -2.58. The van der Waals surface area contributed by atoms with Gasteiger partial charge in [0.25, 0.3) is 0 Å². The van der Waals surface area contributed by atoms with Crippen molar-refractivity contribution in [1.82, 2.24) is 10.2 Å². The minimum absolute atomic E-state index is 0.104. The SMILES string of the molecule is C[C@]1(c2ccc(OC3CN(C[C@@](C)(N)C(=O)NCC(N)=O)C3)c(C(=O)O)c2O)[B]C1. The first-order valence-electron chi connectivity index (χ1n) is 9.61. The molecule has 2 heterocycles. The highest BCUT2D eigenvalue weighted by Gasteiger charge is 2.44. The van der Waals surface area contributed by atoms with Crippen LogP contribution in [0.3, 0.4) is 0 Å². The molecule has 0 aliphatic carbocycles. The molecular weight excluding hydrogens is 391 g/mol. The molecule has 3 rings (SSSR count). The van der Waals surface area contributed by atoms with Crippen molar-refractivity contribution in [2.24, 2.45) is 11.5 Å². The number of rotatable bonds is 9. The summed E-state index contributed by atoms with van der Waals surface area (Å²) in [5.41, 5.74) is 10.1. The molecule has 2 amide bonds. The number of hydrogen-bond acceptors (Lipinski definition) is 7. The quantitative estimate of drug-likeness (QED) is 0.313. The number of nitrogens with zero attached hydrogens (tertiary/aromatic N) is 1. The monoisotopic (exact) mass is 417 g/mol. The van der Waals surface area contributed by atoms with Crippen LogP contribution in [0.5, 0.6) is 11.5 Å². The summed E-state index contributed by atoms with van der Waals surface area (Å²) in [5, 5.41) is 22.1. The van der Waals surface area contributed by atoms with Gasteiger partial charge in [-0.25, -0.2) is 4.79 Å². The Morgan fingerprint density at radius 3 is 2.57 bits per heavy atom. The van der Waals surface area contributed by atoms with Crippen LogP contribution in [0.25, 0.3) is 0 Å². The van der Waals surface area contributed by atoms with Crippen LogP contribution in [0.1, 0.15) is 29.8 Å². The number of primary amides is 1. The Morgan fingerprint density at radius 1 is 1.40 bits per heavy atom. The Kier molecular flexibility index (Phi) is 5.70. The largest absolute Gasteiger partial charge is 0.507 e. The van der Waals surface area contributed by atoms with E-state index in [1.807, 2.05) is 19.1 Å². The van der Waals surface area contributed by atoms with E-state index in [1.54, 1.807) is 19.1 Å². The second kappa shape index (κ2) is 7.80. The average Bonchev–Trinajstić information content (AvgIpc) is 3.35. The van der Waals surface area contributed by atoms with Gasteiger partial charge in [-0.3, -0.25) is 14.5 Å². The number of benzene rings is 1. The number of ether oxygens (including phenoxy) is 1. The summed E-state index contributed by atoms with van der Waals surface area (Å²) >= 11 is 0. The Bertz CT molecular complexity index is 880. The number of nitrogens with two attached hydrogens (primary N) is 2. The van der Waals surface area contributed by atoms with Crippen LogP contribution in [0.15, 0.2) is 12.1 Å². The van der Waals surface area contributed by atoms with E-state index in [0.29, 0.717) is 18.7 Å². The van der Waals surface area contributed by atoms with Crippen molar-refractivity contribution < 1.29 is 29.3 Å². The predicted octanol–water partition coefficient (Wildman–Crippen LogP) is -1.18. The van der Waals surface area contributed by atoms with Crippen molar-refractivity contribution >= 4 is 25.1 Å². The summed E-state index contributed by atoms with van der Waals surface area (Å²) in [6.07, 6.45) is 0.475. The topological polar surface area (TPSA) is 168 Å². The van der Waals surface area contributed by atoms with E-state index in [-0.39, 0.29) is 41.6 Å². The molecule has 10 nitrogen and oxygen atoms in total. The van der Waals surface area contributed by atoms with Gasteiger partial charge in [0.05, 0.1) is 6.54 Å². The second-order valence-electron chi connectivity index (χ2n) is 8.47. The molecule has 0 bridgehead atoms. The van der Waals surface area contributed by atoms with Gasteiger partial charge in [-0.1, -0.05) is 19.3 Å². The lowest BCUT2D eigenvalue weighted by atomic mass is 9.81. The molecule has 0 unspecified atom stereocenters. The highest BCUT2D eigenvalue weighted by Crippen LogP contribution is 2.47. The maximum Gasteiger partial charge on any atom is 0.343 e. The second-order valence-corrected chi connectivity index (χ2v) is 8.47. The number of carbonyl (C=O) groups excluding carboxylic acids is 2. The number of aromatic carboxylic acids is 1. The first-order chi connectivity index (χ1) is 13.9. The number of carboxylic acids is 1. The fourth-order valence-electron chi connectivity index (χ4n) is 3.52. The normalized spacial score (nSPS) is 22.9. The van der Waals surface area contributed by atoms with Crippen LogP contribution in [-0.4, -0.2) is 78.0 Å². The van der Waals surface area contributed by atoms with Gasteiger partial charge < -0.3 is 31.7 Å². The van der Waals surface area contributed by atoms with Gasteiger partial charge in [0.2, 0.25) is 11.8 Å². The molecule has 0 saturated carbocycles. The number of likely N-dealkylation sites (tertiary alicyclic amines) is 1. The van der Waals surface area contributed by atoms with Gasteiger partial charge in [-0.05, 0) is 23.9 Å². The van der Waals surface area contributed by atoms with Crippen molar-refractivity contribution in [2.45, 2.75) is 37.1 Å². The van der Waals surface area contributed by atoms with E-state index in [9.17, 15) is 24.6 Å². The molecule has 11 heteroatoms. The first kappa shape index (κ1) is 21.9. The number of aromatic hydroxyl groups is 1. The molecule has 0 spiro atoms. The Balaban J connectivity index is 1.60. The standard InChI is InChI=1S/C19H26BN4O6/c1-18(8-20-18)11-3-4-12(14(15(11)26)16(27)28)30-10-6-24(7-10)9-19(2,22)17(29)23-5-13(21)25/h3-4,10,26H,5-9,22H2,1-2H3,(H2,21,25)(H,23,29)(H,27,28)/t18-,19+/m0/s1. The van der Waals surface area contributed by atoms with Crippen LogP contribution in [-0.2, 0) is 14.9 Å². The van der Waals surface area contributed by atoms with E-state index in [1.165, 1.54) is 0 Å². The predicted molar refractivity (Wildman–Crippen MR) is 109 cm³/mol. The van der Waals surface area contributed by atoms with Crippen LogP contribution >= 0.6 is 0 Å². The van der Waals surface area contributed by atoms with Crippen molar-refractivity contribution in [3.63, 3.8) is 0 Å². The van der Waals surface area contributed by atoms with Gasteiger partial charge >= 0.3 is 5.97 Å². The summed E-state index contributed by atoms with van der Waals surface area (Å²) < 4.78 is 5.80. The number of amides is 2. The summed E-state index contributed by atoms with van der Waals surface area (Å²) in [6, 6.07) is 3.26. The summed E-state index contributed by atoms with van der Waals surface area (Å²) in [6.45, 7) is 4.28. The molecule has 161 valence electrons. The van der Waals surface area contributed by atoms with Crippen LogP contribution in [0.4, 0.5) is 0 Å². The van der Waals surface area contributed by atoms with E-state index in [0.717, 1.165) is 6.32 Å². The molecular formula is C19H26BN4O6. The lowest BCUT2D eigenvalue weighted by Crippen LogP contribution is -2.64. The van der Waals surface area contributed by atoms with Crippen molar-refractivity contribution in [3.8, 4) is 11.5 Å². The zero-order chi connectivity index (χ0) is 22.3. The van der Waals surface area contributed by atoms with E-state index in [2.05, 4.69) is 5.32 Å². The molecule has 2 fully saturated rings. The number of hydrogen-bond donors (Lipinski definition) is 5. The molecule has 7 N–H and O–H groups in total. The van der Waals surface area contributed by atoms with Gasteiger partial charge in [0.1, 0.15) is 36.0 Å². The molecule has 1 radical (unpaired) electrons. The molecule has 2 aliphatic heterocycles.